The number of hydrogen-bond acceptors (Lipinski definition) is 6. The second-order valence-corrected chi connectivity index (χ2v) is 7.67. The van der Waals surface area contributed by atoms with E-state index in [9.17, 15) is 23.1 Å². The molecule has 0 bridgehead atoms. The van der Waals surface area contributed by atoms with Gasteiger partial charge in [-0.15, -0.1) is 5.10 Å². The van der Waals surface area contributed by atoms with Gasteiger partial charge < -0.3 is 19.5 Å². The number of aromatic nitrogens is 3. The van der Waals surface area contributed by atoms with E-state index in [-0.39, 0.29) is 38.8 Å². The summed E-state index contributed by atoms with van der Waals surface area (Å²) in [5.41, 5.74) is -1.23. The van der Waals surface area contributed by atoms with Gasteiger partial charge >= 0.3 is 6.18 Å². The Kier molecular flexibility index (Phi) is 5.58. The van der Waals surface area contributed by atoms with E-state index < -0.39 is 29.5 Å². The van der Waals surface area contributed by atoms with E-state index in [0.717, 1.165) is 12.1 Å². The third-order valence-corrected chi connectivity index (χ3v) is 5.45. The molecule has 3 heterocycles. The number of likely N-dealkylation sites (tertiary alicyclic amines) is 1. The number of ether oxygens (including phenoxy) is 2. The molecular formula is C20H21F3N4O4. The van der Waals surface area contributed by atoms with Gasteiger partial charge in [0.05, 0.1) is 43.7 Å². The molecule has 31 heavy (non-hydrogen) atoms. The van der Waals surface area contributed by atoms with Crippen molar-refractivity contribution in [3.63, 3.8) is 0 Å². The van der Waals surface area contributed by atoms with Crippen molar-refractivity contribution in [1.29, 1.82) is 0 Å². The third kappa shape index (κ3) is 4.34. The van der Waals surface area contributed by atoms with Crippen LogP contribution in [0.2, 0.25) is 0 Å². The van der Waals surface area contributed by atoms with Crippen molar-refractivity contribution in [2.24, 2.45) is 0 Å². The van der Waals surface area contributed by atoms with Gasteiger partial charge in [0, 0.05) is 13.1 Å². The summed E-state index contributed by atoms with van der Waals surface area (Å²) in [7, 11) is 0. The van der Waals surface area contributed by atoms with Crippen molar-refractivity contribution in [1.82, 2.24) is 19.9 Å². The van der Waals surface area contributed by atoms with Crippen LogP contribution in [0.5, 0.6) is 0 Å². The van der Waals surface area contributed by atoms with Crippen molar-refractivity contribution in [3.05, 3.63) is 59.9 Å². The fourth-order valence-electron chi connectivity index (χ4n) is 3.62. The van der Waals surface area contributed by atoms with Crippen LogP contribution in [0.1, 0.15) is 22.9 Å². The molecule has 0 aliphatic carbocycles. The minimum absolute atomic E-state index is 0.0689. The van der Waals surface area contributed by atoms with E-state index in [2.05, 4.69) is 16.9 Å². The van der Waals surface area contributed by atoms with E-state index in [0.29, 0.717) is 11.3 Å². The summed E-state index contributed by atoms with van der Waals surface area (Å²) in [6, 6.07) is 4.48. The maximum absolute atomic E-state index is 13.0. The molecule has 2 aliphatic heterocycles. The van der Waals surface area contributed by atoms with Gasteiger partial charge in [0.2, 0.25) is 5.91 Å². The summed E-state index contributed by atoms with van der Waals surface area (Å²) < 4.78 is 51.3. The molecule has 0 unspecified atom stereocenters. The summed E-state index contributed by atoms with van der Waals surface area (Å²) in [4.78, 5) is 13.6. The van der Waals surface area contributed by atoms with Crippen molar-refractivity contribution >= 4 is 5.91 Å². The highest BCUT2D eigenvalue weighted by Gasteiger charge is 2.43. The summed E-state index contributed by atoms with van der Waals surface area (Å²) in [5.74, 6) is -0.290. The van der Waals surface area contributed by atoms with Gasteiger partial charge in [-0.3, -0.25) is 4.79 Å². The standard InChI is InChI=1S/C20H21F3N4O4/c1-2-18(28)26-7-15(27-9-17(24-25-27)19(29)11-30-12-19)16(8-26)31-10-13-4-3-5-14(6-13)20(21,22)23/h2-6,9,15-16,29H,1,7-8,10-12H2/t15-,16-/m1/s1. The van der Waals surface area contributed by atoms with Crippen LogP contribution >= 0.6 is 0 Å². The van der Waals surface area contributed by atoms with Crippen LogP contribution in [0.3, 0.4) is 0 Å². The van der Waals surface area contributed by atoms with E-state index >= 15 is 0 Å². The second kappa shape index (κ2) is 8.06. The van der Waals surface area contributed by atoms with Gasteiger partial charge in [-0.05, 0) is 23.8 Å². The van der Waals surface area contributed by atoms with Crippen LogP contribution in [0.4, 0.5) is 13.2 Å². The van der Waals surface area contributed by atoms with Crippen LogP contribution in [-0.2, 0) is 32.7 Å². The average molecular weight is 438 g/mol. The first kappa shape index (κ1) is 21.5. The van der Waals surface area contributed by atoms with Gasteiger partial charge in [0.1, 0.15) is 5.69 Å². The maximum Gasteiger partial charge on any atom is 0.416 e. The van der Waals surface area contributed by atoms with Crippen molar-refractivity contribution in [2.75, 3.05) is 26.3 Å². The number of halogens is 3. The second-order valence-electron chi connectivity index (χ2n) is 7.67. The largest absolute Gasteiger partial charge is 0.416 e. The minimum atomic E-state index is -4.44. The Balaban J connectivity index is 1.51. The molecule has 166 valence electrons. The molecule has 1 amide bonds. The zero-order valence-electron chi connectivity index (χ0n) is 16.5. The smallest absolute Gasteiger partial charge is 0.379 e. The Hall–Kier alpha value is -2.76. The van der Waals surface area contributed by atoms with E-state index in [1.165, 1.54) is 21.7 Å². The van der Waals surface area contributed by atoms with E-state index in [4.69, 9.17) is 9.47 Å². The Labute approximate surface area is 175 Å². The summed E-state index contributed by atoms with van der Waals surface area (Å²) >= 11 is 0. The molecular weight excluding hydrogens is 417 g/mol. The molecule has 2 atom stereocenters. The highest BCUT2D eigenvalue weighted by Crippen LogP contribution is 2.32. The SMILES string of the molecule is C=CC(=O)N1C[C@@H](n2cc(C3(O)COC3)nn2)[C@H](OCc2cccc(C(F)(F)F)c2)C1. The molecule has 11 heteroatoms. The van der Waals surface area contributed by atoms with Crippen molar-refractivity contribution < 1.29 is 32.5 Å². The molecule has 0 spiro atoms. The molecule has 0 saturated carbocycles. The average Bonchev–Trinajstić information content (AvgIpc) is 3.37. The minimum Gasteiger partial charge on any atom is -0.379 e. The molecule has 8 nitrogen and oxygen atoms in total. The summed E-state index contributed by atoms with van der Waals surface area (Å²) in [5, 5.41) is 18.5. The number of rotatable bonds is 6. The fraction of sp³-hybridized carbons (Fsp3) is 0.450. The lowest BCUT2D eigenvalue weighted by Crippen LogP contribution is -2.46. The Morgan fingerprint density at radius 1 is 1.39 bits per heavy atom. The van der Waals surface area contributed by atoms with Crippen molar-refractivity contribution in [2.45, 2.75) is 30.5 Å². The fourth-order valence-corrected chi connectivity index (χ4v) is 3.62. The number of carbonyl (C=O) groups excluding carboxylic acids is 1. The highest BCUT2D eigenvalue weighted by atomic mass is 19.4. The zero-order valence-corrected chi connectivity index (χ0v) is 16.5. The van der Waals surface area contributed by atoms with Gasteiger partial charge in [-0.1, -0.05) is 23.9 Å². The highest BCUT2D eigenvalue weighted by molar-refractivity contribution is 5.87. The van der Waals surface area contributed by atoms with Gasteiger partial charge in [0.15, 0.2) is 5.60 Å². The normalized spacial score (nSPS) is 22.9. The molecule has 2 aliphatic rings. The van der Waals surface area contributed by atoms with Crippen molar-refractivity contribution in [3.8, 4) is 0 Å². The first-order valence-corrected chi connectivity index (χ1v) is 9.61. The van der Waals surface area contributed by atoms with Crippen LogP contribution in [-0.4, -0.2) is 63.3 Å². The molecule has 1 aromatic carbocycles. The monoisotopic (exact) mass is 438 g/mol. The number of carbonyl (C=O) groups is 1. The number of aliphatic hydroxyl groups is 1. The number of nitrogens with zero attached hydrogens (tertiary/aromatic N) is 4. The zero-order chi connectivity index (χ0) is 22.2. The summed E-state index contributed by atoms with van der Waals surface area (Å²) in [6.07, 6.45) is -2.22. The number of amides is 1. The topological polar surface area (TPSA) is 89.7 Å². The Morgan fingerprint density at radius 3 is 2.81 bits per heavy atom. The van der Waals surface area contributed by atoms with Crippen LogP contribution in [0, 0.1) is 0 Å². The van der Waals surface area contributed by atoms with Crippen LogP contribution in [0.15, 0.2) is 43.1 Å². The molecule has 2 aromatic rings. The van der Waals surface area contributed by atoms with Crippen LogP contribution < -0.4 is 0 Å². The van der Waals surface area contributed by atoms with Gasteiger partial charge in [-0.25, -0.2) is 4.68 Å². The Morgan fingerprint density at radius 2 is 2.16 bits per heavy atom. The molecule has 2 fully saturated rings. The molecule has 0 radical (unpaired) electrons. The Bertz CT molecular complexity index is 973. The molecule has 4 rings (SSSR count). The van der Waals surface area contributed by atoms with E-state index in [1.807, 2.05) is 0 Å². The number of alkyl halides is 3. The molecule has 1 aromatic heterocycles. The number of benzene rings is 1. The van der Waals surface area contributed by atoms with Gasteiger partial charge in [0.25, 0.3) is 0 Å². The molecule has 2 saturated heterocycles. The predicted molar refractivity (Wildman–Crippen MR) is 101 cm³/mol. The molecule has 1 N–H and O–H groups in total. The van der Waals surface area contributed by atoms with Crippen LogP contribution in [0.25, 0.3) is 0 Å². The lowest BCUT2D eigenvalue weighted by atomic mass is 9.99. The lowest BCUT2D eigenvalue weighted by Gasteiger charge is -2.34. The maximum atomic E-state index is 13.0. The number of hydrogen-bond donors (Lipinski definition) is 1. The first-order valence-electron chi connectivity index (χ1n) is 9.61. The summed E-state index contributed by atoms with van der Waals surface area (Å²) in [6.45, 7) is 4.14. The predicted octanol–water partition coefficient (Wildman–Crippen LogP) is 1.67. The lowest BCUT2D eigenvalue weighted by molar-refractivity contribution is -0.186. The van der Waals surface area contributed by atoms with Gasteiger partial charge in [-0.2, -0.15) is 13.2 Å². The first-order chi connectivity index (χ1) is 14.7. The third-order valence-electron chi connectivity index (χ3n) is 5.45. The quantitative estimate of drug-likeness (QED) is 0.691. The van der Waals surface area contributed by atoms with E-state index in [1.54, 1.807) is 12.3 Å².